The number of rotatable bonds is 8. The quantitative estimate of drug-likeness (QED) is 0.507. The molecule has 0 spiro atoms. The van der Waals surface area contributed by atoms with Crippen LogP contribution < -0.4 is 0 Å². The van der Waals surface area contributed by atoms with Crippen molar-refractivity contribution in [3.63, 3.8) is 0 Å². The molecule has 0 saturated carbocycles. The number of ether oxygens (including phenoxy) is 2. The summed E-state index contributed by atoms with van der Waals surface area (Å²) in [7, 11) is 1.02. The van der Waals surface area contributed by atoms with Gasteiger partial charge in [-0.2, -0.15) is 0 Å². The van der Waals surface area contributed by atoms with E-state index in [9.17, 15) is 24.3 Å². The molecule has 0 heterocycles. The molecule has 0 aliphatic rings. The molecule has 1 atom stereocenters. The third-order valence-corrected chi connectivity index (χ3v) is 2.95. The molecular formula is C11H16O9. The SMILES string of the molecule is COC(=O)COC(CC(=O)O)(C(=O)O)C(C)(C)C(=O)O. The molecule has 1 unspecified atom stereocenters. The van der Waals surface area contributed by atoms with Gasteiger partial charge in [0.1, 0.15) is 12.0 Å². The van der Waals surface area contributed by atoms with Gasteiger partial charge < -0.3 is 24.8 Å². The van der Waals surface area contributed by atoms with E-state index in [1.54, 1.807) is 0 Å². The number of carboxylic acid groups (broad SMARTS) is 3. The molecule has 0 aromatic rings. The minimum atomic E-state index is -2.61. The molecule has 9 nitrogen and oxygen atoms in total. The zero-order valence-electron chi connectivity index (χ0n) is 11.2. The molecular weight excluding hydrogens is 276 g/mol. The molecule has 0 aromatic carbocycles. The van der Waals surface area contributed by atoms with Crippen LogP contribution in [0.1, 0.15) is 20.3 Å². The molecule has 3 N–H and O–H groups in total. The Bertz CT molecular complexity index is 426. The molecule has 0 aromatic heterocycles. The van der Waals surface area contributed by atoms with Crippen LogP contribution in [0.2, 0.25) is 0 Å². The van der Waals surface area contributed by atoms with E-state index >= 15 is 0 Å². The molecule has 0 rings (SSSR count). The first kappa shape index (κ1) is 17.8. The molecule has 0 saturated heterocycles. The lowest BCUT2D eigenvalue weighted by Gasteiger charge is -2.38. The van der Waals surface area contributed by atoms with Gasteiger partial charge in [-0.05, 0) is 13.8 Å². The van der Waals surface area contributed by atoms with Crippen molar-refractivity contribution in [2.45, 2.75) is 25.9 Å². The van der Waals surface area contributed by atoms with E-state index in [1.807, 2.05) is 0 Å². The second-order valence-corrected chi connectivity index (χ2v) is 4.50. The smallest absolute Gasteiger partial charge is 0.337 e. The number of carbonyl (C=O) groups is 4. The van der Waals surface area contributed by atoms with Crippen molar-refractivity contribution in [3.05, 3.63) is 0 Å². The Hall–Kier alpha value is -2.16. The van der Waals surface area contributed by atoms with Crippen molar-refractivity contribution in [1.29, 1.82) is 0 Å². The normalized spacial score (nSPS) is 14.2. The van der Waals surface area contributed by atoms with E-state index in [2.05, 4.69) is 4.74 Å². The first-order valence-corrected chi connectivity index (χ1v) is 5.40. The highest BCUT2D eigenvalue weighted by Crippen LogP contribution is 2.38. The van der Waals surface area contributed by atoms with Gasteiger partial charge in [0.2, 0.25) is 0 Å². The molecule has 0 aliphatic heterocycles. The number of esters is 1. The summed E-state index contributed by atoms with van der Waals surface area (Å²) in [5, 5.41) is 27.2. The largest absolute Gasteiger partial charge is 0.481 e. The second kappa shape index (κ2) is 6.33. The van der Waals surface area contributed by atoms with Crippen molar-refractivity contribution in [3.8, 4) is 0 Å². The monoisotopic (exact) mass is 292 g/mol. The molecule has 0 amide bonds. The minimum absolute atomic E-state index is 0.882. The predicted octanol–water partition coefficient (Wildman–Crippen LogP) is -0.415. The van der Waals surface area contributed by atoms with Crippen LogP contribution in [0.25, 0.3) is 0 Å². The highest BCUT2D eigenvalue weighted by atomic mass is 16.6. The molecule has 0 aliphatic carbocycles. The number of carbonyl (C=O) groups excluding carboxylic acids is 1. The van der Waals surface area contributed by atoms with E-state index in [1.165, 1.54) is 0 Å². The predicted molar refractivity (Wildman–Crippen MR) is 62.0 cm³/mol. The van der Waals surface area contributed by atoms with Gasteiger partial charge in [-0.15, -0.1) is 0 Å². The van der Waals surface area contributed by atoms with Crippen LogP contribution >= 0.6 is 0 Å². The van der Waals surface area contributed by atoms with E-state index in [-0.39, 0.29) is 0 Å². The fraction of sp³-hybridized carbons (Fsp3) is 0.636. The number of carboxylic acids is 3. The van der Waals surface area contributed by atoms with Crippen molar-refractivity contribution in [1.82, 2.24) is 0 Å². The van der Waals surface area contributed by atoms with Crippen molar-refractivity contribution >= 4 is 23.9 Å². The Morgan fingerprint density at radius 2 is 1.50 bits per heavy atom. The van der Waals surface area contributed by atoms with Gasteiger partial charge in [0.25, 0.3) is 0 Å². The standard InChI is InChI=1S/C11H16O9/c1-10(2,8(15)16)11(9(17)18,4-6(12)13)20-5-7(14)19-3/h4-5H2,1-3H3,(H,12,13)(H,15,16)(H,17,18). The van der Waals surface area contributed by atoms with Crippen LogP contribution in [0.4, 0.5) is 0 Å². The van der Waals surface area contributed by atoms with Crippen LogP contribution in [0, 0.1) is 5.41 Å². The maximum absolute atomic E-state index is 11.4. The molecule has 9 heteroatoms. The van der Waals surface area contributed by atoms with Crippen LogP contribution in [0.5, 0.6) is 0 Å². The summed E-state index contributed by atoms with van der Waals surface area (Å²) in [5.74, 6) is -5.91. The first-order valence-electron chi connectivity index (χ1n) is 5.40. The fourth-order valence-electron chi connectivity index (χ4n) is 1.48. The summed E-state index contributed by atoms with van der Waals surface area (Å²) in [6, 6.07) is 0. The first-order chi connectivity index (χ1) is 9.01. The van der Waals surface area contributed by atoms with Gasteiger partial charge in [0.05, 0.1) is 13.5 Å². The van der Waals surface area contributed by atoms with Crippen molar-refractivity contribution in [2.24, 2.45) is 5.41 Å². The number of hydrogen-bond acceptors (Lipinski definition) is 6. The van der Waals surface area contributed by atoms with E-state index in [0.29, 0.717) is 0 Å². The Morgan fingerprint density at radius 1 is 1.00 bits per heavy atom. The van der Waals surface area contributed by atoms with Gasteiger partial charge in [-0.25, -0.2) is 9.59 Å². The summed E-state index contributed by atoms with van der Waals surface area (Å²) in [5.41, 5.74) is -4.70. The third kappa shape index (κ3) is 3.44. The topological polar surface area (TPSA) is 147 Å². The molecule has 0 radical (unpaired) electrons. The highest BCUT2D eigenvalue weighted by Gasteiger charge is 2.59. The Labute approximate surface area is 114 Å². The van der Waals surface area contributed by atoms with Gasteiger partial charge in [0, 0.05) is 0 Å². The van der Waals surface area contributed by atoms with Gasteiger partial charge in [0.15, 0.2) is 5.60 Å². The summed E-state index contributed by atoms with van der Waals surface area (Å²) >= 11 is 0. The van der Waals surface area contributed by atoms with Crippen LogP contribution in [-0.2, 0) is 28.7 Å². The average molecular weight is 292 g/mol. The Morgan fingerprint density at radius 3 is 1.80 bits per heavy atom. The maximum Gasteiger partial charge on any atom is 0.337 e. The van der Waals surface area contributed by atoms with Crippen LogP contribution in [0.3, 0.4) is 0 Å². The Kier molecular flexibility index (Phi) is 5.64. The lowest BCUT2D eigenvalue weighted by Crippen LogP contribution is -2.58. The average Bonchev–Trinajstić information content (AvgIpc) is 2.32. The van der Waals surface area contributed by atoms with E-state index in [0.717, 1.165) is 21.0 Å². The summed E-state index contributed by atoms with van der Waals surface area (Å²) in [4.78, 5) is 44.5. The number of hydrogen-bond donors (Lipinski definition) is 3. The lowest BCUT2D eigenvalue weighted by molar-refractivity contribution is -0.203. The second-order valence-electron chi connectivity index (χ2n) is 4.50. The molecule has 0 bridgehead atoms. The lowest BCUT2D eigenvalue weighted by atomic mass is 9.72. The Balaban J connectivity index is 5.71. The van der Waals surface area contributed by atoms with E-state index < -0.39 is 47.9 Å². The minimum Gasteiger partial charge on any atom is -0.481 e. The van der Waals surface area contributed by atoms with Crippen molar-refractivity contribution in [2.75, 3.05) is 13.7 Å². The van der Waals surface area contributed by atoms with Gasteiger partial charge in [-0.3, -0.25) is 9.59 Å². The zero-order chi connectivity index (χ0) is 16.1. The van der Waals surface area contributed by atoms with E-state index in [4.69, 9.17) is 14.9 Å². The number of methoxy groups -OCH3 is 1. The molecule has 20 heavy (non-hydrogen) atoms. The van der Waals surface area contributed by atoms with Gasteiger partial charge >= 0.3 is 23.9 Å². The molecule has 114 valence electrons. The fourth-order valence-corrected chi connectivity index (χ4v) is 1.48. The zero-order valence-corrected chi connectivity index (χ0v) is 11.2. The summed E-state index contributed by atoms with van der Waals surface area (Å²) < 4.78 is 9.10. The van der Waals surface area contributed by atoms with Crippen molar-refractivity contribution < 1.29 is 44.0 Å². The van der Waals surface area contributed by atoms with Crippen LogP contribution in [-0.4, -0.2) is 58.5 Å². The summed E-state index contributed by atoms with van der Waals surface area (Å²) in [6.07, 6.45) is -1.13. The molecule has 0 fully saturated rings. The van der Waals surface area contributed by atoms with Crippen LogP contribution in [0.15, 0.2) is 0 Å². The summed E-state index contributed by atoms with van der Waals surface area (Å²) in [6.45, 7) is 1.13. The highest BCUT2D eigenvalue weighted by molar-refractivity contribution is 5.92. The van der Waals surface area contributed by atoms with Gasteiger partial charge in [-0.1, -0.05) is 0 Å². The number of aliphatic carboxylic acids is 3. The third-order valence-electron chi connectivity index (χ3n) is 2.95. The maximum atomic E-state index is 11.4.